The lowest BCUT2D eigenvalue weighted by atomic mass is 9.96. The minimum atomic E-state index is -1.94. The lowest BCUT2D eigenvalue weighted by Crippen LogP contribution is -2.62. The molecule has 16 atom stereocenters. The second kappa shape index (κ2) is 43.5. The molecule has 0 spiro atoms. The standard InChI is InChI=1S/C71H105N17O19S2/c1-6-38(3)55-65(101)82-48(61(97)78-45(32-42-20-12-9-13-21-42)67(103)86-29-15-23-50(86)63(99)79-46(70(106)107)33-54(92)93)36-108-109-37-49(81-58(94)43(76-53(91)34-72)22-14-28-75-71(73)74)62(98)85-57(40(5)90)66(102)77-44(27-26-41-18-10-8-11-19-41)59(95)80-47(35-89)60(96)84-56(39(4)7-2)69(105)88-31-17-25-52(88)68(104)87-30-16-24-51(87)64(100)83-55/h8-13,18-21,38-40,43-52,55-57,89-90H,6-7,14-17,22-37,72H2,1-5H3,(H,76,91)(H,77,102)(H,78,97)(H,79,99)(H,80,95)(H,81,94)(H,82,101)(H,83,100)(H,84,96)(H,85,98)(H,92,93)(H,106,107)(H4,73,74,75)/t38-,39-,40+,43-,44-,45-,46-,47-,48-,49-,50-,51-,52-,55-,56-,57-/m0/s1. The van der Waals surface area contributed by atoms with E-state index >= 15 is 14.4 Å². The van der Waals surface area contributed by atoms with E-state index in [0.717, 1.165) is 33.4 Å². The molecule has 2 aromatic carbocycles. The van der Waals surface area contributed by atoms with Crippen molar-refractivity contribution >= 4 is 116 Å². The van der Waals surface area contributed by atoms with Crippen LogP contribution in [-0.4, -0.2) is 265 Å². The van der Waals surface area contributed by atoms with E-state index in [1.165, 1.54) is 9.80 Å². The summed E-state index contributed by atoms with van der Waals surface area (Å²) in [6.07, 6.45) is -1.31. The van der Waals surface area contributed by atoms with E-state index in [9.17, 15) is 78.0 Å². The summed E-state index contributed by atoms with van der Waals surface area (Å²) in [5, 5.41) is 67.2. The average Bonchev–Trinajstić information content (AvgIpc) is 1.68. The van der Waals surface area contributed by atoms with Crippen molar-refractivity contribution in [1.82, 2.24) is 67.9 Å². The number of carbonyl (C=O) groups is 15. The minimum absolute atomic E-state index is 0.0124. The Bertz CT molecular complexity index is 3560. The molecule has 0 unspecified atom stereocenters. The Hall–Kier alpha value is -9.66. The Morgan fingerprint density at radius 3 is 1.78 bits per heavy atom. The van der Waals surface area contributed by atoms with Gasteiger partial charge in [-0.05, 0) is 94.1 Å². The Balaban J connectivity index is 1.46. The number of aliphatic imine (C=N–C) groups is 1. The number of aliphatic hydroxyl groups excluding tert-OH is 2. The number of rotatable bonds is 27. The highest BCUT2D eigenvalue weighted by atomic mass is 33.1. The fraction of sp³-hybridized carbons (Fsp3) is 0.606. The van der Waals surface area contributed by atoms with Gasteiger partial charge in [0.2, 0.25) is 76.8 Å². The zero-order valence-corrected chi connectivity index (χ0v) is 63.5. The van der Waals surface area contributed by atoms with Crippen LogP contribution in [0.5, 0.6) is 0 Å². The molecule has 0 aromatic heterocycles. The van der Waals surface area contributed by atoms with Crippen LogP contribution in [-0.2, 0) is 84.8 Å². The number of carboxylic acid groups (broad SMARTS) is 2. The number of carboxylic acids is 2. The van der Waals surface area contributed by atoms with Gasteiger partial charge in [-0.1, -0.05) is 123 Å². The first-order valence-corrected chi connectivity index (χ1v) is 39.2. The summed E-state index contributed by atoms with van der Waals surface area (Å²) in [6, 6.07) is -2.91. The second-order valence-corrected chi connectivity index (χ2v) is 30.1. The molecule has 6 rings (SSSR count). The van der Waals surface area contributed by atoms with Crippen LogP contribution < -0.4 is 70.4 Å². The molecular formula is C71H105N17O19S2. The number of aliphatic hydroxyl groups is 2. The molecule has 0 radical (unpaired) electrons. The molecule has 4 aliphatic heterocycles. The topological polar surface area (TPSA) is 557 Å². The quantitative estimate of drug-likeness (QED) is 0.0176. The molecule has 600 valence electrons. The molecule has 13 amide bonds. The van der Waals surface area contributed by atoms with Crippen LogP contribution in [0.4, 0.5) is 0 Å². The molecule has 2 aromatic rings. The molecule has 4 fully saturated rings. The van der Waals surface area contributed by atoms with Gasteiger partial charge in [-0.2, -0.15) is 0 Å². The molecule has 20 N–H and O–H groups in total. The van der Waals surface area contributed by atoms with E-state index in [1.807, 2.05) is 0 Å². The van der Waals surface area contributed by atoms with Gasteiger partial charge in [-0.3, -0.25) is 72.1 Å². The van der Waals surface area contributed by atoms with Gasteiger partial charge in [-0.25, -0.2) is 4.79 Å². The number of guanidine groups is 1. The molecule has 0 aliphatic carbocycles. The molecule has 4 aliphatic rings. The summed E-state index contributed by atoms with van der Waals surface area (Å²) in [4.78, 5) is 222. The van der Waals surface area contributed by atoms with Crippen LogP contribution in [0.1, 0.15) is 123 Å². The molecule has 109 heavy (non-hydrogen) atoms. The largest absolute Gasteiger partial charge is 0.481 e. The fourth-order valence-corrected chi connectivity index (χ4v) is 15.4. The summed E-state index contributed by atoms with van der Waals surface area (Å²) in [5.74, 6) is -17.5. The predicted molar refractivity (Wildman–Crippen MR) is 400 cm³/mol. The van der Waals surface area contributed by atoms with Gasteiger partial charge in [0.25, 0.3) is 0 Å². The molecule has 38 heteroatoms. The highest BCUT2D eigenvalue weighted by Crippen LogP contribution is 2.29. The number of fused-ring (bicyclic) bond motifs is 2. The van der Waals surface area contributed by atoms with Crippen LogP contribution in [0.3, 0.4) is 0 Å². The summed E-state index contributed by atoms with van der Waals surface area (Å²) in [7, 11) is 1.66. The van der Waals surface area contributed by atoms with Crippen molar-refractivity contribution in [3.05, 3.63) is 71.8 Å². The lowest BCUT2D eigenvalue weighted by molar-refractivity contribution is -0.149. The first kappa shape index (κ1) is 88.2. The van der Waals surface area contributed by atoms with Crippen molar-refractivity contribution in [1.29, 1.82) is 0 Å². The molecular weight excluding hydrogens is 1460 g/mol. The van der Waals surface area contributed by atoms with Gasteiger partial charge in [0.1, 0.15) is 78.5 Å². The Kier molecular flexibility index (Phi) is 35.2. The average molecular weight is 1560 g/mol. The van der Waals surface area contributed by atoms with Gasteiger partial charge in [0.05, 0.1) is 25.7 Å². The SMILES string of the molecule is CC[C@H](C)[C@@H]1NC(=O)[C@@H]2CCCN2C(=O)[C@@H]2CCCN2C(=O)[C@H]([C@@H](C)CC)NC(=O)[C@H](CO)NC(=O)[C@H](CCc2ccccc2)NC(=O)[C@H]([C@@H](C)O)NC(=O)[C@@H](NC(=O)[C@H](CCCN=C(N)N)NC(=O)CN)CSSC[C@@H](C(=O)N[C@@H](Cc2ccccc2)C(=O)N2CCC[C@H]2C(=O)N[C@@H](CC(=O)O)C(=O)O)NC1=O. The number of hydrogen-bond donors (Lipinski definition) is 17. The maximum atomic E-state index is 15.3. The highest BCUT2D eigenvalue weighted by molar-refractivity contribution is 8.76. The van der Waals surface area contributed by atoms with Crippen LogP contribution in [0, 0.1) is 11.8 Å². The van der Waals surface area contributed by atoms with Crippen LogP contribution in [0.25, 0.3) is 0 Å². The molecule has 0 saturated carbocycles. The highest BCUT2D eigenvalue weighted by Gasteiger charge is 2.47. The second-order valence-electron chi connectivity index (χ2n) is 27.6. The van der Waals surface area contributed by atoms with Crippen LogP contribution in [0.15, 0.2) is 65.7 Å². The first-order valence-electron chi connectivity index (χ1n) is 36.7. The van der Waals surface area contributed by atoms with E-state index in [0.29, 0.717) is 30.4 Å². The number of likely N-dealkylation sites (tertiary alicyclic amines) is 1. The zero-order valence-electron chi connectivity index (χ0n) is 61.8. The summed E-state index contributed by atoms with van der Waals surface area (Å²) < 4.78 is 0. The van der Waals surface area contributed by atoms with Gasteiger partial charge < -0.3 is 105 Å². The van der Waals surface area contributed by atoms with Gasteiger partial charge in [-0.15, -0.1) is 0 Å². The number of hydrogen-bond acceptors (Lipinski definition) is 21. The number of nitrogens with one attached hydrogen (secondary N) is 10. The number of benzene rings is 2. The number of amides is 13. The van der Waals surface area contributed by atoms with Crippen LogP contribution >= 0.6 is 21.6 Å². The Labute approximate surface area is 639 Å². The molecule has 0 bridgehead atoms. The lowest BCUT2D eigenvalue weighted by Gasteiger charge is -2.35. The number of aryl methyl sites for hydroxylation is 1. The smallest absolute Gasteiger partial charge is 0.326 e. The van der Waals surface area contributed by atoms with E-state index < -0.39 is 216 Å². The van der Waals surface area contributed by atoms with E-state index in [4.69, 9.17) is 17.2 Å². The number of aliphatic carboxylic acids is 2. The van der Waals surface area contributed by atoms with Gasteiger partial charge in [0.15, 0.2) is 5.96 Å². The van der Waals surface area contributed by atoms with Crippen molar-refractivity contribution < 1.29 is 92.3 Å². The van der Waals surface area contributed by atoms with Gasteiger partial charge >= 0.3 is 11.9 Å². The molecule has 4 heterocycles. The van der Waals surface area contributed by atoms with Crippen LogP contribution in [0.2, 0.25) is 0 Å². The summed E-state index contributed by atoms with van der Waals surface area (Å²) in [5.41, 5.74) is 17.9. The zero-order chi connectivity index (χ0) is 80.2. The van der Waals surface area contributed by atoms with Crippen molar-refractivity contribution in [2.75, 3.05) is 50.8 Å². The number of nitrogens with zero attached hydrogens (tertiary/aromatic N) is 4. The van der Waals surface area contributed by atoms with Crippen molar-refractivity contribution in [2.45, 2.75) is 209 Å². The first-order chi connectivity index (χ1) is 51.9. The number of nitrogens with two attached hydrogens (primary N) is 3. The third-order valence-corrected chi connectivity index (χ3v) is 22.1. The van der Waals surface area contributed by atoms with Crippen molar-refractivity contribution in [3.8, 4) is 0 Å². The maximum absolute atomic E-state index is 15.3. The summed E-state index contributed by atoms with van der Waals surface area (Å²) in [6.45, 7) is 6.43. The maximum Gasteiger partial charge on any atom is 0.326 e. The third-order valence-electron chi connectivity index (χ3n) is 19.6. The van der Waals surface area contributed by atoms with E-state index in [2.05, 4.69) is 58.2 Å². The number of carbonyl (C=O) groups excluding carboxylic acids is 13. The van der Waals surface area contributed by atoms with Gasteiger partial charge in [0, 0.05) is 44.1 Å². The Morgan fingerprint density at radius 2 is 1.17 bits per heavy atom. The predicted octanol–water partition coefficient (Wildman–Crippen LogP) is -3.89. The normalized spacial score (nSPS) is 24.8. The van der Waals surface area contributed by atoms with E-state index in [1.54, 1.807) is 88.4 Å². The molecule has 4 saturated heterocycles. The monoisotopic (exact) mass is 1560 g/mol. The minimum Gasteiger partial charge on any atom is -0.481 e. The Morgan fingerprint density at radius 1 is 0.615 bits per heavy atom. The van der Waals surface area contributed by atoms with Crippen molar-refractivity contribution in [3.63, 3.8) is 0 Å². The fourth-order valence-electron chi connectivity index (χ4n) is 13.1. The third kappa shape index (κ3) is 26.0. The molecule has 36 nitrogen and oxygen atoms in total. The summed E-state index contributed by atoms with van der Waals surface area (Å²) >= 11 is 0. The van der Waals surface area contributed by atoms with E-state index in [-0.39, 0.29) is 96.3 Å². The van der Waals surface area contributed by atoms with Crippen molar-refractivity contribution in [2.24, 2.45) is 34.0 Å².